The molecule has 0 aromatic carbocycles. The van der Waals surface area contributed by atoms with Gasteiger partial charge in [-0.1, -0.05) is 12.2 Å². The number of carbonyl (C=O) groups is 1. The summed E-state index contributed by atoms with van der Waals surface area (Å²) in [4.78, 5) is 12.4. The molecule has 0 aromatic heterocycles. The van der Waals surface area contributed by atoms with Crippen LogP contribution < -0.4 is 27.8 Å². The lowest BCUT2D eigenvalue weighted by Crippen LogP contribution is -2.67. The largest absolute Gasteiger partial charge is 0.395 e. The van der Waals surface area contributed by atoms with Crippen LogP contribution >= 0.6 is 0 Å². The van der Waals surface area contributed by atoms with Gasteiger partial charge in [0.05, 0.1) is 37.5 Å². The van der Waals surface area contributed by atoms with Crippen molar-refractivity contribution in [3.63, 3.8) is 0 Å². The van der Waals surface area contributed by atoms with Crippen molar-refractivity contribution in [3.8, 4) is 0 Å². The predicted octanol–water partition coefficient (Wildman–Crippen LogP) is -5.30. The van der Waals surface area contributed by atoms with E-state index in [0.717, 1.165) is 0 Å². The zero-order valence-electron chi connectivity index (χ0n) is 21.2. The number of nitrogens with two attached hydrogens (primary N) is 3. The van der Waals surface area contributed by atoms with Crippen molar-refractivity contribution in [2.24, 2.45) is 17.2 Å². The Bertz CT molecular complexity index is 766. The van der Waals surface area contributed by atoms with E-state index in [0.29, 0.717) is 13.1 Å². The minimum atomic E-state index is -1.38. The van der Waals surface area contributed by atoms with E-state index in [2.05, 4.69) is 10.6 Å². The molecule has 3 aliphatic rings. The summed E-state index contributed by atoms with van der Waals surface area (Å²) in [7, 11) is 0. The van der Waals surface area contributed by atoms with E-state index >= 15 is 0 Å². The summed E-state index contributed by atoms with van der Waals surface area (Å²) in [5.74, 6) is -0.719. The lowest BCUT2D eigenvalue weighted by molar-refractivity contribution is -0.279. The maximum Gasteiger partial charge on any atom is 0.249 e. The zero-order valence-corrected chi connectivity index (χ0v) is 21.2. The fraction of sp³-hybridized carbons (Fsp3) is 0.870. The van der Waals surface area contributed by atoms with Crippen LogP contribution in [0.25, 0.3) is 0 Å². The van der Waals surface area contributed by atoms with Gasteiger partial charge in [-0.25, -0.2) is 0 Å². The molecule has 38 heavy (non-hydrogen) atoms. The van der Waals surface area contributed by atoms with Crippen LogP contribution in [0.4, 0.5) is 0 Å². The van der Waals surface area contributed by atoms with E-state index in [1.165, 1.54) is 0 Å². The number of amides is 1. The lowest BCUT2D eigenvalue weighted by Gasteiger charge is -2.46. The molecule has 15 heteroatoms. The summed E-state index contributed by atoms with van der Waals surface area (Å²) in [6.45, 7) is 0.513. The summed E-state index contributed by atoms with van der Waals surface area (Å²) in [6.07, 6.45) is -5.53. The molecule has 2 fully saturated rings. The van der Waals surface area contributed by atoms with Crippen molar-refractivity contribution in [1.29, 1.82) is 0 Å². The molecule has 0 aromatic rings. The molecule has 1 aliphatic carbocycles. The van der Waals surface area contributed by atoms with E-state index in [-0.39, 0.29) is 39.0 Å². The van der Waals surface area contributed by atoms with Gasteiger partial charge in [0.25, 0.3) is 0 Å². The molecule has 0 spiro atoms. The average molecular weight is 550 g/mol. The normalized spacial score (nSPS) is 40.3. The van der Waals surface area contributed by atoms with Gasteiger partial charge in [0, 0.05) is 25.6 Å². The highest BCUT2D eigenvalue weighted by Crippen LogP contribution is 2.31. The fourth-order valence-corrected chi connectivity index (χ4v) is 4.76. The van der Waals surface area contributed by atoms with Crippen LogP contribution in [-0.4, -0.2) is 138 Å². The van der Waals surface area contributed by atoms with E-state index in [9.17, 15) is 25.2 Å². The van der Waals surface area contributed by atoms with E-state index in [1.807, 2.05) is 0 Å². The van der Waals surface area contributed by atoms with E-state index < -0.39 is 79.3 Å². The van der Waals surface area contributed by atoms with Gasteiger partial charge in [0.1, 0.15) is 30.5 Å². The lowest BCUT2D eigenvalue weighted by atomic mass is 9.83. The number of aliphatic hydroxyl groups excluding tert-OH is 5. The van der Waals surface area contributed by atoms with Crippen LogP contribution in [0.15, 0.2) is 12.2 Å². The number of hydrogen-bond donors (Lipinski definition) is 10. The SMILES string of the molecule is NCC[C@H](O)C(=O)N[C@@H]1C[C@H](N)[C@@H](O[C@H]2O[C@H](CNCCO)C=C[C@H]2N)[C@H](O[C@@H]2O[C@H](CO)C[C@H]2O)[C@H]1O. The summed E-state index contributed by atoms with van der Waals surface area (Å²) in [6, 6.07) is -2.37. The Morgan fingerprint density at radius 1 is 1.08 bits per heavy atom. The van der Waals surface area contributed by atoms with Crippen molar-refractivity contribution in [1.82, 2.24) is 10.6 Å². The highest BCUT2D eigenvalue weighted by Gasteiger charge is 2.49. The Balaban J connectivity index is 1.76. The van der Waals surface area contributed by atoms with E-state index in [1.54, 1.807) is 12.2 Å². The number of nitrogens with one attached hydrogen (secondary N) is 2. The zero-order chi connectivity index (χ0) is 27.8. The first-order valence-electron chi connectivity index (χ1n) is 13.0. The van der Waals surface area contributed by atoms with Crippen LogP contribution in [0.3, 0.4) is 0 Å². The maximum absolute atomic E-state index is 12.4. The Morgan fingerprint density at radius 2 is 1.82 bits per heavy atom. The molecule has 1 saturated heterocycles. The molecule has 220 valence electrons. The van der Waals surface area contributed by atoms with Gasteiger partial charge in [-0.2, -0.15) is 0 Å². The topological polar surface area (TPSA) is 257 Å². The summed E-state index contributed by atoms with van der Waals surface area (Å²) >= 11 is 0. The number of carbonyl (C=O) groups excluding carboxylic acids is 1. The van der Waals surface area contributed by atoms with Gasteiger partial charge in [-0.05, 0) is 19.4 Å². The standard InChI is InChI=1S/C23H43N5O10/c24-4-3-16(31)21(34)28-15-8-14(26)19(20(18(15)33)38-23-17(32)7-12(10-30)36-23)37-22-13(25)2-1-11(35-22)9-27-5-6-29/h1-2,11-20,22-23,27,29-33H,3-10,24-26H2,(H,28,34)/t11-,12-,13+,14-,15+,16-,17+,18-,19+,20+,22+,23-/m0/s1. The molecule has 12 atom stereocenters. The first-order valence-corrected chi connectivity index (χ1v) is 13.0. The summed E-state index contributed by atoms with van der Waals surface area (Å²) in [5.41, 5.74) is 18.0. The summed E-state index contributed by atoms with van der Waals surface area (Å²) < 4.78 is 23.6. The third-order valence-electron chi connectivity index (χ3n) is 6.83. The number of ether oxygens (including phenoxy) is 4. The molecule has 2 heterocycles. The number of hydrogen-bond acceptors (Lipinski definition) is 14. The highest BCUT2D eigenvalue weighted by atomic mass is 16.7. The molecular formula is C23H43N5O10. The Kier molecular flexibility index (Phi) is 12.2. The molecule has 3 rings (SSSR count). The second-order valence-electron chi connectivity index (χ2n) is 9.84. The average Bonchev–Trinajstić information content (AvgIpc) is 3.25. The smallest absolute Gasteiger partial charge is 0.249 e. The molecular weight excluding hydrogens is 506 g/mol. The minimum Gasteiger partial charge on any atom is -0.395 e. The predicted molar refractivity (Wildman–Crippen MR) is 132 cm³/mol. The minimum absolute atomic E-state index is 0.0309. The van der Waals surface area contributed by atoms with Gasteiger partial charge in [-0.3, -0.25) is 4.79 Å². The second-order valence-corrected chi connectivity index (χ2v) is 9.84. The Hall–Kier alpha value is -1.31. The van der Waals surface area contributed by atoms with Gasteiger partial charge in [-0.15, -0.1) is 0 Å². The highest BCUT2D eigenvalue weighted by molar-refractivity contribution is 5.80. The Morgan fingerprint density at radius 3 is 2.47 bits per heavy atom. The van der Waals surface area contributed by atoms with Crippen molar-refractivity contribution < 1.29 is 49.3 Å². The molecule has 1 amide bonds. The van der Waals surface area contributed by atoms with Gasteiger partial charge < -0.3 is 72.3 Å². The third-order valence-corrected chi connectivity index (χ3v) is 6.83. The molecule has 2 aliphatic heterocycles. The van der Waals surface area contributed by atoms with Crippen molar-refractivity contribution in [3.05, 3.63) is 12.2 Å². The molecule has 0 unspecified atom stereocenters. The fourth-order valence-electron chi connectivity index (χ4n) is 4.76. The van der Waals surface area contributed by atoms with Crippen molar-refractivity contribution in [2.75, 3.05) is 32.8 Å². The van der Waals surface area contributed by atoms with E-state index in [4.69, 9.17) is 41.3 Å². The number of aliphatic hydroxyl groups is 5. The monoisotopic (exact) mass is 549 g/mol. The van der Waals surface area contributed by atoms with Crippen molar-refractivity contribution in [2.45, 2.75) is 92.7 Å². The molecule has 15 nitrogen and oxygen atoms in total. The van der Waals surface area contributed by atoms with Crippen LogP contribution in [-0.2, 0) is 23.7 Å². The third kappa shape index (κ3) is 8.11. The van der Waals surface area contributed by atoms with Crippen LogP contribution in [0.5, 0.6) is 0 Å². The van der Waals surface area contributed by atoms with Gasteiger partial charge in [0.15, 0.2) is 12.6 Å². The number of rotatable bonds is 13. The second kappa shape index (κ2) is 14.9. The van der Waals surface area contributed by atoms with Gasteiger partial charge in [0.2, 0.25) is 5.91 Å². The Labute approximate surface area is 221 Å². The molecule has 1 saturated carbocycles. The van der Waals surface area contributed by atoms with Crippen LogP contribution in [0.2, 0.25) is 0 Å². The molecule has 0 radical (unpaired) electrons. The van der Waals surface area contributed by atoms with Crippen molar-refractivity contribution >= 4 is 5.91 Å². The quantitative estimate of drug-likeness (QED) is 0.0760. The van der Waals surface area contributed by atoms with Crippen LogP contribution in [0.1, 0.15) is 19.3 Å². The first kappa shape index (κ1) is 31.2. The summed E-state index contributed by atoms with van der Waals surface area (Å²) in [5, 5.41) is 55.7. The first-order chi connectivity index (χ1) is 18.2. The molecule has 0 bridgehead atoms. The van der Waals surface area contributed by atoms with Crippen LogP contribution in [0, 0.1) is 0 Å². The van der Waals surface area contributed by atoms with Gasteiger partial charge >= 0.3 is 0 Å². The molecule has 13 N–H and O–H groups in total. The maximum atomic E-state index is 12.4.